The Bertz CT molecular complexity index is 697. The molecule has 0 unspecified atom stereocenters. The van der Waals surface area contributed by atoms with E-state index >= 15 is 0 Å². The Morgan fingerprint density at radius 1 is 1.12 bits per heavy atom. The number of nitrogens with one attached hydrogen (secondary N) is 2. The van der Waals surface area contributed by atoms with Crippen LogP contribution in [0.3, 0.4) is 0 Å². The first-order valence-corrected chi connectivity index (χ1v) is 12.5. The van der Waals surface area contributed by atoms with E-state index in [9.17, 15) is 4.79 Å². The van der Waals surface area contributed by atoms with Crippen molar-refractivity contribution in [2.75, 3.05) is 32.8 Å². The first kappa shape index (κ1) is 29.5. The normalized spacial score (nSPS) is 14.9. The standard InChI is InChI=1S/C26H44N4O2.HI/c1-6-22(7-2)25(31)30-17-14-23(15-18-30)29-26(27-8-3)28-16-13-21-9-11-24(12-10-21)32-19-20(4)5;/h9-12,20,22-23H,6-8,13-19H2,1-5H3,(H2,27,28,29);1H. The second-order valence-corrected chi connectivity index (χ2v) is 9.12. The maximum atomic E-state index is 12.6. The molecule has 0 spiro atoms. The number of carbonyl (C=O) groups is 1. The minimum Gasteiger partial charge on any atom is -0.493 e. The molecule has 0 aliphatic carbocycles. The minimum atomic E-state index is 0. The van der Waals surface area contributed by atoms with E-state index in [1.807, 2.05) is 12.1 Å². The van der Waals surface area contributed by atoms with Gasteiger partial charge in [0.25, 0.3) is 0 Å². The van der Waals surface area contributed by atoms with Crippen LogP contribution < -0.4 is 15.4 Å². The molecule has 1 aliphatic rings. The number of hydrogen-bond acceptors (Lipinski definition) is 3. The number of halogens is 1. The third kappa shape index (κ3) is 10.5. The molecule has 1 aromatic rings. The van der Waals surface area contributed by atoms with Gasteiger partial charge in [-0.15, -0.1) is 24.0 Å². The van der Waals surface area contributed by atoms with Crippen molar-refractivity contribution in [3.63, 3.8) is 0 Å². The Hall–Kier alpha value is -1.51. The quantitative estimate of drug-likeness (QED) is 0.226. The van der Waals surface area contributed by atoms with Crippen LogP contribution in [0.25, 0.3) is 0 Å². The topological polar surface area (TPSA) is 66.0 Å². The third-order valence-corrected chi connectivity index (χ3v) is 6.00. The van der Waals surface area contributed by atoms with Gasteiger partial charge >= 0.3 is 0 Å². The number of rotatable bonds is 11. The highest BCUT2D eigenvalue weighted by Crippen LogP contribution is 2.17. The number of nitrogens with zero attached hydrogens (tertiary/aromatic N) is 2. The zero-order valence-electron chi connectivity index (χ0n) is 21.2. The Labute approximate surface area is 218 Å². The van der Waals surface area contributed by atoms with Gasteiger partial charge < -0.3 is 20.3 Å². The summed E-state index contributed by atoms with van der Waals surface area (Å²) in [5, 5.41) is 6.94. The van der Waals surface area contributed by atoms with Gasteiger partial charge in [-0.05, 0) is 62.6 Å². The lowest BCUT2D eigenvalue weighted by atomic mass is 9.98. The van der Waals surface area contributed by atoms with Crippen molar-refractivity contribution in [3.8, 4) is 5.75 Å². The van der Waals surface area contributed by atoms with Crippen molar-refractivity contribution < 1.29 is 9.53 Å². The minimum absolute atomic E-state index is 0. The summed E-state index contributed by atoms with van der Waals surface area (Å²) in [7, 11) is 0. The lowest BCUT2D eigenvalue weighted by molar-refractivity contribution is -0.136. The van der Waals surface area contributed by atoms with Gasteiger partial charge in [-0.2, -0.15) is 0 Å². The van der Waals surface area contributed by atoms with Crippen LogP contribution >= 0.6 is 24.0 Å². The second kappa shape index (κ2) is 16.2. The summed E-state index contributed by atoms with van der Waals surface area (Å²) < 4.78 is 5.76. The van der Waals surface area contributed by atoms with Crippen molar-refractivity contribution in [1.82, 2.24) is 15.5 Å². The zero-order valence-corrected chi connectivity index (χ0v) is 23.6. The fourth-order valence-electron chi connectivity index (χ4n) is 3.97. The van der Waals surface area contributed by atoms with Gasteiger partial charge in [0, 0.05) is 38.1 Å². The lowest BCUT2D eigenvalue weighted by Gasteiger charge is -2.34. The van der Waals surface area contributed by atoms with Crippen LogP contribution in [-0.2, 0) is 11.2 Å². The van der Waals surface area contributed by atoms with E-state index in [0.717, 1.165) is 76.6 Å². The molecule has 1 fully saturated rings. The molecule has 188 valence electrons. The van der Waals surface area contributed by atoms with E-state index in [2.05, 4.69) is 62.3 Å². The molecule has 2 rings (SSSR count). The molecular formula is C26H45IN4O2. The SMILES string of the molecule is CCNC(=NCCc1ccc(OCC(C)C)cc1)NC1CCN(C(=O)C(CC)CC)CC1.I. The van der Waals surface area contributed by atoms with Crippen molar-refractivity contribution in [2.45, 2.75) is 72.8 Å². The number of piperidine rings is 1. The van der Waals surface area contributed by atoms with Crippen molar-refractivity contribution in [1.29, 1.82) is 0 Å². The first-order valence-electron chi connectivity index (χ1n) is 12.5. The van der Waals surface area contributed by atoms with E-state index in [4.69, 9.17) is 9.73 Å². The first-order chi connectivity index (χ1) is 15.5. The Kier molecular flexibility index (Phi) is 14.5. The predicted octanol–water partition coefficient (Wildman–Crippen LogP) is 4.86. The lowest BCUT2D eigenvalue weighted by Crippen LogP contribution is -2.50. The summed E-state index contributed by atoms with van der Waals surface area (Å²) in [6.07, 6.45) is 4.68. The monoisotopic (exact) mass is 572 g/mol. The number of likely N-dealkylation sites (tertiary alicyclic amines) is 1. The molecular weight excluding hydrogens is 527 g/mol. The number of hydrogen-bond donors (Lipinski definition) is 2. The number of ether oxygens (including phenoxy) is 1. The fourth-order valence-corrected chi connectivity index (χ4v) is 3.97. The molecule has 0 radical (unpaired) electrons. The highest BCUT2D eigenvalue weighted by molar-refractivity contribution is 14.0. The van der Waals surface area contributed by atoms with Crippen LogP contribution in [-0.4, -0.2) is 55.6 Å². The summed E-state index contributed by atoms with van der Waals surface area (Å²) in [6.45, 7) is 14.6. The Morgan fingerprint density at radius 3 is 2.30 bits per heavy atom. The molecule has 0 saturated carbocycles. The number of amides is 1. The van der Waals surface area contributed by atoms with Crippen LogP contribution in [0.2, 0.25) is 0 Å². The van der Waals surface area contributed by atoms with E-state index < -0.39 is 0 Å². The van der Waals surface area contributed by atoms with Gasteiger partial charge in [0.1, 0.15) is 5.75 Å². The molecule has 1 aromatic carbocycles. The summed E-state index contributed by atoms with van der Waals surface area (Å²) in [6, 6.07) is 8.69. The molecule has 0 aromatic heterocycles. The van der Waals surface area contributed by atoms with E-state index in [0.29, 0.717) is 17.9 Å². The highest BCUT2D eigenvalue weighted by atomic mass is 127. The molecule has 1 heterocycles. The molecule has 33 heavy (non-hydrogen) atoms. The fraction of sp³-hybridized carbons (Fsp3) is 0.692. The zero-order chi connectivity index (χ0) is 23.3. The third-order valence-electron chi connectivity index (χ3n) is 6.00. The van der Waals surface area contributed by atoms with E-state index in [-0.39, 0.29) is 29.9 Å². The van der Waals surface area contributed by atoms with Gasteiger partial charge in [0.2, 0.25) is 5.91 Å². The number of carbonyl (C=O) groups excluding carboxylic acids is 1. The highest BCUT2D eigenvalue weighted by Gasteiger charge is 2.26. The summed E-state index contributed by atoms with van der Waals surface area (Å²) >= 11 is 0. The maximum absolute atomic E-state index is 12.6. The van der Waals surface area contributed by atoms with Crippen LogP contribution in [0.5, 0.6) is 5.75 Å². The smallest absolute Gasteiger partial charge is 0.225 e. The number of aliphatic imine (C=N–C) groups is 1. The van der Waals surface area contributed by atoms with Gasteiger partial charge in [-0.3, -0.25) is 9.79 Å². The van der Waals surface area contributed by atoms with Crippen molar-refractivity contribution in [3.05, 3.63) is 29.8 Å². The van der Waals surface area contributed by atoms with Gasteiger partial charge in [-0.1, -0.05) is 39.8 Å². The van der Waals surface area contributed by atoms with E-state index in [1.54, 1.807) is 0 Å². The summed E-state index contributed by atoms with van der Waals surface area (Å²) in [4.78, 5) is 19.4. The molecule has 7 heteroatoms. The predicted molar refractivity (Wildman–Crippen MR) is 149 cm³/mol. The molecule has 1 aliphatic heterocycles. The Balaban J connectivity index is 0.00000544. The van der Waals surface area contributed by atoms with Crippen LogP contribution in [0.15, 0.2) is 29.3 Å². The second-order valence-electron chi connectivity index (χ2n) is 9.12. The maximum Gasteiger partial charge on any atom is 0.225 e. The average Bonchev–Trinajstić information content (AvgIpc) is 2.80. The molecule has 1 amide bonds. The van der Waals surface area contributed by atoms with Crippen molar-refractivity contribution >= 4 is 35.8 Å². The van der Waals surface area contributed by atoms with E-state index in [1.165, 1.54) is 5.56 Å². The molecule has 2 N–H and O–H groups in total. The number of guanidine groups is 1. The molecule has 1 saturated heterocycles. The average molecular weight is 573 g/mol. The molecule has 6 nitrogen and oxygen atoms in total. The van der Waals surface area contributed by atoms with Crippen LogP contribution in [0, 0.1) is 11.8 Å². The van der Waals surface area contributed by atoms with Gasteiger partial charge in [0.05, 0.1) is 6.61 Å². The van der Waals surface area contributed by atoms with Gasteiger partial charge in [0.15, 0.2) is 5.96 Å². The Morgan fingerprint density at radius 2 is 1.76 bits per heavy atom. The van der Waals surface area contributed by atoms with Crippen molar-refractivity contribution in [2.24, 2.45) is 16.8 Å². The molecule has 0 atom stereocenters. The van der Waals surface area contributed by atoms with Crippen LogP contribution in [0.4, 0.5) is 0 Å². The van der Waals surface area contributed by atoms with Gasteiger partial charge in [-0.25, -0.2) is 0 Å². The summed E-state index contributed by atoms with van der Waals surface area (Å²) in [5.41, 5.74) is 1.26. The largest absolute Gasteiger partial charge is 0.493 e. The number of benzene rings is 1. The molecule has 0 bridgehead atoms. The van der Waals surface area contributed by atoms with Crippen LogP contribution in [0.1, 0.15) is 65.9 Å². The summed E-state index contributed by atoms with van der Waals surface area (Å²) in [5.74, 6) is 2.83.